The number of phosphoric ester groups is 1. The minimum Gasteiger partial charge on any atom is -0.445 e. The van der Waals surface area contributed by atoms with Gasteiger partial charge >= 0.3 is 20.0 Å². The zero-order chi connectivity index (χ0) is 54.1. The van der Waals surface area contributed by atoms with E-state index >= 15 is 0 Å². The van der Waals surface area contributed by atoms with Crippen molar-refractivity contribution in [2.45, 2.75) is 76.5 Å². The number of alkyl halides is 2. The molecule has 75 heavy (non-hydrogen) atoms. The van der Waals surface area contributed by atoms with Crippen LogP contribution >= 0.6 is 53.7 Å². The van der Waals surface area contributed by atoms with Gasteiger partial charge in [0.1, 0.15) is 6.61 Å². The number of nitrogens with one attached hydrogen (secondary N) is 1. The second-order valence-corrected chi connectivity index (χ2v) is 23.8. The summed E-state index contributed by atoms with van der Waals surface area (Å²) in [5.41, 5.74) is 20.9. The quantitative estimate of drug-likeness (QED) is 0.0382. The molecule has 1 unspecified atom stereocenters. The number of likely N-dealkylation sites (N-methyl/N-ethyl adjacent to an activating group) is 2. The number of benzene rings is 3. The average Bonchev–Trinajstić information content (AvgIpc) is 4.12. The number of nitrogens with zero attached hydrogens (tertiary/aromatic N) is 4. The van der Waals surface area contributed by atoms with Crippen molar-refractivity contribution in [3.63, 3.8) is 0 Å². The van der Waals surface area contributed by atoms with Crippen molar-refractivity contribution < 1.29 is 57.1 Å². The Hall–Kier alpha value is -5.55. The average molecular weight is 1130 g/mol. The highest BCUT2D eigenvalue weighted by molar-refractivity contribution is 7.46. The van der Waals surface area contributed by atoms with E-state index in [9.17, 15) is 43.1 Å². The lowest BCUT2D eigenvalue weighted by Gasteiger charge is -2.69. The summed E-state index contributed by atoms with van der Waals surface area (Å²) >= 11 is 15.9. The minimum atomic E-state index is -4.94. The summed E-state index contributed by atoms with van der Waals surface area (Å²) in [5, 5.41) is 8.16. The fraction of sp³-hybridized carbons (Fsp3) is 0.440. The van der Waals surface area contributed by atoms with Gasteiger partial charge in [0.25, 0.3) is 0 Å². The first-order chi connectivity index (χ1) is 35.5. The number of nitrogens with two attached hydrogens (primary N) is 3. The van der Waals surface area contributed by atoms with Crippen LogP contribution in [0.5, 0.6) is 11.5 Å². The Morgan fingerprint density at radius 3 is 1.76 bits per heavy atom. The number of fused-ring (bicyclic) bond motifs is 6. The number of carbonyl (C=O) groups is 6. The molecule has 3 aromatic carbocycles. The van der Waals surface area contributed by atoms with Crippen molar-refractivity contribution in [1.82, 2.24) is 9.80 Å². The smallest absolute Gasteiger partial charge is 0.445 e. The van der Waals surface area contributed by atoms with Crippen LogP contribution in [0, 0.1) is 24.7 Å². The van der Waals surface area contributed by atoms with Gasteiger partial charge in [0.2, 0.25) is 23.6 Å². The second-order valence-electron chi connectivity index (χ2n) is 20.2. The van der Waals surface area contributed by atoms with E-state index < -0.39 is 54.7 Å². The van der Waals surface area contributed by atoms with Crippen LogP contribution in [0.2, 0.25) is 0 Å². The van der Waals surface area contributed by atoms with Crippen LogP contribution in [0.4, 0.5) is 26.7 Å². The Kier molecular flexibility index (Phi) is 15.0. The molecule has 9 N–H and O–H groups in total. The molecule has 25 heteroatoms. The van der Waals surface area contributed by atoms with Gasteiger partial charge in [0.15, 0.2) is 11.5 Å². The van der Waals surface area contributed by atoms with Crippen molar-refractivity contribution in [2.75, 3.05) is 67.2 Å². The maximum absolute atomic E-state index is 14.8. The molecule has 3 aliphatic carbocycles. The minimum absolute atomic E-state index is 0.0126. The molecule has 10 rings (SSSR count). The standard InChI is InChI=1S/C50H57Cl2N8O12PS2/c1-25-20-74-41-35(71-48(66)58(4)12-11-57(3)47(65)70-19-27-5-7-30(8-6-27)56-44(62)32(54)10-9-31(53)43(55)61)13-33-39(37(25)41)28(15-51)17-59(33)45(63)49-22-50(23-49,24-49)46(64)60-18-29(16-52)40-34(60)14-36(72-73(67,68)69)42-38(40)26(2)21-75-42/h5-8,13-14,20-21,28-29,31-32H,9-12,15-19,22-24,53-54H2,1-4H3,(H2,55,61)(H,56,62)(H2,67,68,69)/t28-,29-,31?,32+,49?,50?/m1/s1. The Labute approximate surface area is 449 Å². The third-order valence-corrected chi connectivity index (χ3v) is 18.3. The van der Waals surface area contributed by atoms with Gasteiger partial charge in [0.05, 0.1) is 43.7 Å². The molecule has 3 fully saturated rings. The number of anilines is 3. The van der Waals surface area contributed by atoms with Gasteiger partial charge in [-0.25, -0.2) is 14.2 Å². The highest BCUT2D eigenvalue weighted by atomic mass is 35.5. The maximum atomic E-state index is 14.8. The Bertz CT molecular complexity index is 3180. The number of halogens is 2. The third-order valence-electron chi connectivity index (χ3n) is 14.9. The summed E-state index contributed by atoms with van der Waals surface area (Å²) in [6, 6.07) is 8.06. The summed E-state index contributed by atoms with van der Waals surface area (Å²) in [7, 11) is -1.86. The van der Waals surface area contributed by atoms with Gasteiger partial charge < -0.3 is 56.1 Å². The lowest BCUT2D eigenvalue weighted by Crippen LogP contribution is -2.73. The van der Waals surface area contributed by atoms with E-state index in [4.69, 9.17) is 54.4 Å². The molecule has 2 aromatic heterocycles. The number of primary amides is 1. The van der Waals surface area contributed by atoms with Gasteiger partial charge in [-0.1, -0.05) is 12.1 Å². The molecule has 2 aliphatic heterocycles. The molecular formula is C50H57Cl2N8O12PS2. The molecule has 2 bridgehead atoms. The van der Waals surface area contributed by atoms with E-state index in [1.807, 2.05) is 24.6 Å². The van der Waals surface area contributed by atoms with Crippen LogP contribution in [0.15, 0.2) is 47.2 Å². The molecule has 0 spiro atoms. The zero-order valence-corrected chi connectivity index (χ0v) is 45.5. The predicted molar refractivity (Wildman–Crippen MR) is 287 cm³/mol. The molecule has 400 valence electrons. The highest BCUT2D eigenvalue weighted by Gasteiger charge is 2.76. The summed E-state index contributed by atoms with van der Waals surface area (Å²) in [5.74, 6) is -1.20. The topological polar surface area (TPSA) is 291 Å². The van der Waals surface area contributed by atoms with Gasteiger partial charge in [-0.05, 0) is 96.7 Å². The lowest BCUT2D eigenvalue weighted by molar-refractivity contribution is -0.205. The Morgan fingerprint density at radius 2 is 1.27 bits per heavy atom. The van der Waals surface area contributed by atoms with Crippen molar-refractivity contribution in [3.8, 4) is 11.5 Å². The molecule has 3 saturated carbocycles. The SMILES string of the molecule is Cc1csc2c(OC(=O)N(C)CCN(C)C(=O)OCc3ccc(NC(=O)[C@@H](N)CCC(N)C(N)=O)cc3)cc3c(c12)[C@H](CCl)CN3C(=O)C12CC(C(=O)N3C[C@@H](CCl)c4c3cc(OP(=O)(O)O)c3scc(C)c43)(C1)C2. The third kappa shape index (κ3) is 10.2. The molecule has 0 saturated heterocycles. The van der Waals surface area contributed by atoms with E-state index in [-0.39, 0.29) is 86.0 Å². The summed E-state index contributed by atoms with van der Waals surface area (Å²) in [4.78, 5) is 105. The molecule has 4 atom stereocenters. The van der Waals surface area contributed by atoms with Crippen molar-refractivity contribution in [2.24, 2.45) is 28.0 Å². The normalized spacial score (nSPS) is 21.1. The first-order valence-electron chi connectivity index (χ1n) is 24.1. The highest BCUT2D eigenvalue weighted by Crippen LogP contribution is 2.75. The van der Waals surface area contributed by atoms with Crippen LogP contribution < -0.4 is 41.6 Å². The number of aryl methyl sites for hydroxylation is 2. The van der Waals surface area contributed by atoms with Crippen molar-refractivity contribution in [1.29, 1.82) is 0 Å². The van der Waals surface area contributed by atoms with E-state index in [0.717, 1.165) is 37.7 Å². The fourth-order valence-corrected chi connectivity index (χ4v) is 14.0. The first kappa shape index (κ1) is 54.2. The first-order valence-corrected chi connectivity index (χ1v) is 28.5. The Balaban J connectivity index is 0.825. The zero-order valence-electron chi connectivity index (χ0n) is 41.4. The van der Waals surface area contributed by atoms with Crippen molar-refractivity contribution >= 4 is 127 Å². The fourth-order valence-electron chi connectivity index (χ4n) is 11.0. The van der Waals surface area contributed by atoms with E-state index in [2.05, 4.69) is 5.32 Å². The molecule has 6 amide bonds. The number of phosphoric acid groups is 1. The van der Waals surface area contributed by atoms with Gasteiger partial charge in [-0.3, -0.25) is 29.0 Å². The van der Waals surface area contributed by atoms with Crippen LogP contribution in [-0.4, -0.2) is 120 Å². The number of amides is 6. The molecule has 5 aromatic rings. The molecule has 5 aliphatic rings. The summed E-state index contributed by atoms with van der Waals surface area (Å²) < 4.78 is 30.1. The van der Waals surface area contributed by atoms with E-state index in [1.165, 1.54) is 45.6 Å². The predicted octanol–water partition coefficient (Wildman–Crippen LogP) is 6.97. The van der Waals surface area contributed by atoms with E-state index in [0.29, 0.717) is 53.1 Å². The van der Waals surface area contributed by atoms with Gasteiger partial charge in [-0.15, -0.1) is 45.9 Å². The number of carbonyl (C=O) groups excluding carboxylic acids is 6. The number of thiophene rings is 2. The van der Waals surface area contributed by atoms with Crippen LogP contribution in [0.25, 0.3) is 20.2 Å². The van der Waals surface area contributed by atoms with Gasteiger partial charge in [-0.2, -0.15) is 0 Å². The van der Waals surface area contributed by atoms with E-state index in [1.54, 1.807) is 47.2 Å². The number of ether oxygens (including phenoxy) is 2. The molecule has 0 radical (unpaired) electrons. The largest absolute Gasteiger partial charge is 0.524 e. The van der Waals surface area contributed by atoms with Crippen LogP contribution in [0.3, 0.4) is 0 Å². The van der Waals surface area contributed by atoms with Crippen LogP contribution in [0.1, 0.15) is 71.8 Å². The van der Waals surface area contributed by atoms with Gasteiger partial charge in [0, 0.05) is 92.5 Å². The molecule has 20 nitrogen and oxygen atoms in total. The summed E-state index contributed by atoms with van der Waals surface area (Å²) in [6.45, 7) is 4.55. The number of hydrogen-bond donors (Lipinski definition) is 6. The number of hydrogen-bond acceptors (Lipinski definition) is 14. The second kappa shape index (κ2) is 20.8. The monoisotopic (exact) mass is 1130 g/mol. The summed E-state index contributed by atoms with van der Waals surface area (Å²) in [6.07, 6.45) is -0.0474. The Morgan fingerprint density at radius 1 is 0.787 bits per heavy atom. The van der Waals surface area contributed by atoms with Crippen LogP contribution in [-0.2, 0) is 35.1 Å². The molecular weight excluding hydrogens is 1070 g/mol. The molecule has 4 heterocycles. The van der Waals surface area contributed by atoms with Crippen molar-refractivity contribution in [3.05, 3.63) is 75.0 Å². The number of rotatable bonds is 18. The lowest BCUT2D eigenvalue weighted by atomic mass is 9.34. The maximum Gasteiger partial charge on any atom is 0.524 e.